The first-order valence-corrected chi connectivity index (χ1v) is 7.31. The Labute approximate surface area is 118 Å². The highest BCUT2D eigenvalue weighted by atomic mass is 32.1. The van der Waals surface area contributed by atoms with E-state index in [1.165, 1.54) is 9.88 Å². The van der Waals surface area contributed by atoms with Crippen LogP contribution in [0.5, 0.6) is 5.75 Å². The minimum absolute atomic E-state index is 0.452. The molecule has 0 aliphatic rings. The van der Waals surface area contributed by atoms with Crippen molar-refractivity contribution in [2.45, 2.75) is 26.2 Å². The number of thiazole rings is 1. The number of benzene rings is 1. The summed E-state index contributed by atoms with van der Waals surface area (Å²) in [6.45, 7) is 4.99. The van der Waals surface area contributed by atoms with Crippen LogP contribution < -0.4 is 10.5 Å². The molecular formula is C15H20N2OS. The lowest BCUT2D eigenvalue weighted by Crippen LogP contribution is -2.02. The van der Waals surface area contributed by atoms with Crippen molar-refractivity contribution in [1.29, 1.82) is 0 Å². The zero-order chi connectivity index (χ0) is 13.8. The van der Waals surface area contributed by atoms with Gasteiger partial charge in [-0.2, -0.15) is 0 Å². The van der Waals surface area contributed by atoms with Gasteiger partial charge in [0.1, 0.15) is 5.75 Å². The molecule has 2 N–H and O–H groups in total. The molecule has 1 aromatic carbocycles. The number of hydrogen-bond donors (Lipinski definition) is 1. The van der Waals surface area contributed by atoms with Crippen LogP contribution >= 0.6 is 11.3 Å². The van der Waals surface area contributed by atoms with Crippen molar-refractivity contribution < 1.29 is 4.74 Å². The number of ether oxygens (including phenoxy) is 1. The third-order valence-electron chi connectivity index (χ3n) is 2.94. The van der Waals surface area contributed by atoms with Gasteiger partial charge < -0.3 is 10.5 Å². The zero-order valence-corrected chi connectivity index (χ0v) is 12.5. The maximum absolute atomic E-state index is 5.70. The van der Waals surface area contributed by atoms with Gasteiger partial charge in [-0.25, -0.2) is 4.98 Å². The highest BCUT2D eigenvalue weighted by Crippen LogP contribution is 2.32. The summed E-state index contributed by atoms with van der Waals surface area (Å²) >= 11 is 1.77. The van der Waals surface area contributed by atoms with E-state index in [2.05, 4.69) is 26.0 Å². The van der Waals surface area contributed by atoms with Crippen molar-refractivity contribution in [3.8, 4) is 17.0 Å². The molecule has 0 fully saturated rings. The molecule has 0 bridgehead atoms. The van der Waals surface area contributed by atoms with Crippen molar-refractivity contribution in [3.63, 3.8) is 0 Å². The molecule has 0 radical (unpaired) electrons. The van der Waals surface area contributed by atoms with Gasteiger partial charge in [-0.1, -0.05) is 13.8 Å². The second-order valence-electron chi connectivity index (χ2n) is 4.75. The fourth-order valence-electron chi connectivity index (χ4n) is 1.89. The Bertz CT molecular complexity index is 532. The number of nitrogens with zero attached hydrogens (tertiary/aromatic N) is 1. The average Bonchev–Trinajstić information content (AvgIpc) is 2.84. The maximum atomic E-state index is 5.70. The normalized spacial score (nSPS) is 11.0. The van der Waals surface area contributed by atoms with Crippen LogP contribution in [-0.4, -0.2) is 18.6 Å². The summed E-state index contributed by atoms with van der Waals surface area (Å²) in [5, 5.41) is 1.18. The summed E-state index contributed by atoms with van der Waals surface area (Å²) < 4.78 is 5.19. The average molecular weight is 276 g/mol. The Morgan fingerprint density at radius 2 is 1.95 bits per heavy atom. The maximum Gasteiger partial charge on any atom is 0.118 e. The van der Waals surface area contributed by atoms with E-state index in [4.69, 9.17) is 15.5 Å². The first-order chi connectivity index (χ1) is 9.15. The fourth-order valence-corrected chi connectivity index (χ4v) is 3.00. The van der Waals surface area contributed by atoms with E-state index >= 15 is 0 Å². The number of rotatable bonds is 5. The highest BCUT2D eigenvalue weighted by molar-refractivity contribution is 7.12. The van der Waals surface area contributed by atoms with E-state index in [-0.39, 0.29) is 0 Å². The van der Waals surface area contributed by atoms with Crippen LogP contribution in [0.4, 0.5) is 0 Å². The Hall–Kier alpha value is -1.39. The molecule has 0 aliphatic heterocycles. The minimum Gasteiger partial charge on any atom is -0.497 e. The van der Waals surface area contributed by atoms with E-state index in [1.807, 2.05) is 12.1 Å². The predicted molar refractivity (Wildman–Crippen MR) is 80.9 cm³/mol. The number of aromatic nitrogens is 1. The predicted octanol–water partition coefficient (Wildman–Crippen LogP) is 3.44. The van der Waals surface area contributed by atoms with E-state index in [0.717, 1.165) is 23.4 Å². The highest BCUT2D eigenvalue weighted by Gasteiger charge is 2.14. The lowest BCUT2D eigenvalue weighted by atomic mass is 10.1. The fraction of sp³-hybridized carbons (Fsp3) is 0.400. The Kier molecular flexibility index (Phi) is 4.56. The van der Waals surface area contributed by atoms with Gasteiger partial charge in [-0.05, 0) is 37.2 Å². The summed E-state index contributed by atoms with van der Waals surface area (Å²) in [7, 11) is 1.68. The van der Waals surface area contributed by atoms with Gasteiger partial charge in [0.2, 0.25) is 0 Å². The SMILES string of the molecule is COc1ccc(-c2nc(C(C)C)sc2CCN)cc1. The monoisotopic (exact) mass is 276 g/mol. The molecule has 0 aliphatic carbocycles. The number of hydrogen-bond acceptors (Lipinski definition) is 4. The van der Waals surface area contributed by atoms with Crippen LogP contribution in [0.1, 0.15) is 29.7 Å². The van der Waals surface area contributed by atoms with Gasteiger partial charge in [0.05, 0.1) is 17.8 Å². The third kappa shape index (κ3) is 3.14. The largest absolute Gasteiger partial charge is 0.497 e. The zero-order valence-electron chi connectivity index (χ0n) is 11.6. The Morgan fingerprint density at radius 1 is 1.26 bits per heavy atom. The molecule has 0 unspecified atom stereocenters. The summed E-state index contributed by atoms with van der Waals surface area (Å²) in [5.41, 5.74) is 7.90. The molecule has 102 valence electrons. The molecule has 4 heteroatoms. The van der Waals surface area contributed by atoms with Crippen LogP contribution in [0.3, 0.4) is 0 Å². The van der Waals surface area contributed by atoms with Crippen LogP contribution in [0.15, 0.2) is 24.3 Å². The van der Waals surface area contributed by atoms with Gasteiger partial charge in [0.15, 0.2) is 0 Å². The van der Waals surface area contributed by atoms with Gasteiger partial charge in [0.25, 0.3) is 0 Å². The Morgan fingerprint density at radius 3 is 2.47 bits per heavy atom. The lowest BCUT2D eigenvalue weighted by Gasteiger charge is -2.03. The van der Waals surface area contributed by atoms with Crippen LogP contribution in [0, 0.1) is 0 Å². The van der Waals surface area contributed by atoms with Crippen molar-refractivity contribution in [2.75, 3.05) is 13.7 Å². The standard InChI is InChI=1S/C15H20N2OS/c1-10(2)15-17-14(13(19-15)8-9-16)11-4-6-12(18-3)7-5-11/h4-7,10H,8-9,16H2,1-3H3. The van der Waals surface area contributed by atoms with Crippen molar-refractivity contribution in [2.24, 2.45) is 5.73 Å². The summed E-state index contributed by atoms with van der Waals surface area (Å²) in [6.07, 6.45) is 0.881. The van der Waals surface area contributed by atoms with E-state index in [1.54, 1.807) is 18.4 Å². The second kappa shape index (κ2) is 6.17. The molecule has 1 heterocycles. The van der Waals surface area contributed by atoms with E-state index in [0.29, 0.717) is 12.5 Å². The van der Waals surface area contributed by atoms with Crippen molar-refractivity contribution >= 4 is 11.3 Å². The summed E-state index contributed by atoms with van der Waals surface area (Å²) in [4.78, 5) is 6.05. The third-order valence-corrected chi connectivity index (χ3v) is 4.36. The summed E-state index contributed by atoms with van der Waals surface area (Å²) in [5.74, 6) is 1.32. The van der Waals surface area contributed by atoms with Gasteiger partial charge in [-0.15, -0.1) is 11.3 Å². The quantitative estimate of drug-likeness (QED) is 0.910. The van der Waals surface area contributed by atoms with Gasteiger partial charge in [-0.3, -0.25) is 0 Å². The molecule has 19 heavy (non-hydrogen) atoms. The Balaban J connectivity index is 2.40. The molecular weight excluding hydrogens is 256 g/mol. The van der Waals surface area contributed by atoms with Crippen LogP contribution in [0.25, 0.3) is 11.3 Å². The molecule has 0 atom stereocenters. The van der Waals surface area contributed by atoms with Crippen molar-refractivity contribution in [3.05, 3.63) is 34.2 Å². The molecule has 0 saturated carbocycles. The van der Waals surface area contributed by atoms with Crippen molar-refractivity contribution in [1.82, 2.24) is 4.98 Å². The molecule has 2 aromatic rings. The number of nitrogens with two attached hydrogens (primary N) is 1. The first kappa shape index (κ1) is 14.0. The minimum atomic E-state index is 0.452. The second-order valence-corrected chi connectivity index (χ2v) is 5.86. The van der Waals surface area contributed by atoms with Gasteiger partial charge in [0, 0.05) is 16.4 Å². The number of methoxy groups -OCH3 is 1. The van der Waals surface area contributed by atoms with Crippen LogP contribution in [0.2, 0.25) is 0 Å². The van der Waals surface area contributed by atoms with Crippen LogP contribution in [-0.2, 0) is 6.42 Å². The molecule has 2 rings (SSSR count). The smallest absolute Gasteiger partial charge is 0.118 e. The molecule has 3 nitrogen and oxygen atoms in total. The molecule has 0 amide bonds. The first-order valence-electron chi connectivity index (χ1n) is 6.49. The lowest BCUT2D eigenvalue weighted by molar-refractivity contribution is 0.415. The topological polar surface area (TPSA) is 48.1 Å². The van der Waals surface area contributed by atoms with E-state index in [9.17, 15) is 0 Å². The molecule has 0 saturated heterocycles. The molecule has 0 spiro atoms. The van der Waals surface area contributed by atoms with E-state index < -0.39 is 0 Å². The molecule has 1 aromatic heterocycles. The van der Waals surface area contributed by atoms with Gasteiger partial charge >= 0.3 is 0 Å². The summed E-state index contributed by atoms with van der Waals surface area (Å²) in [6, 6.07) is 8.04.